The number of aliphatic hydroxyl groups is 1. The summed E-state index contributed by atoms with van der Waals surface area (Å²) in [6, 6.07) is 17.5. The second kappa shape index (κ2) is 7.49. The van der Waals surface area contributed by atoms with Gasteiger partial charge in [0, 0.05) is 18.8 Å². The number of anilines is 1. The molecular formula is C20H24N2O2. The Morgan fingerprint density at radius 1 is 1.08 bits per heavy atom. The Morgan fingerprint density at radius 2 is 1.71 bits per heavy atom. The number of hydrogen-bond acceptors (Lipinski definition) is 2. The van der Waals surface area contributed by atoms with Crippen molar-refractivity contribution in [2.24, 2.45) is 5.92 Å². The van der Waals surface area contributed by atoms with Gasteiger partial charge in [0.1, 0.15) is 0 Å². The van der Waals surface area contributed by atoms with Crippen molar-refractivity contribution in [2.75, 3.05) is 18.4 Å². The highest BCUT2D eigenvalue weighted by Gasteiger charge is 2.28. The summed E-state index contributed by atoms with van der Waals surface area (Å²) in [5.41, 5.74) is 2.95. The molecule has 126 valence electrons. The van der Waals surface area contributed by atoms with Gasteiger partial charge in [-0.3, -0.25) is 0 Å². The molecule has 4 heteroatoms. The fourth-order valence-corrected chi connectivity index (χ4v) is 3.18. The Bertz CT molecular complexity index is 662. The molecule has 0 bridgehead atoms. The lowest BCUT2D eigenvalue weighted by molar-refractivity contribution is 0.0683. The number of rotatable bonds is 3. The Labute approximate surface area is 143 Å². The summed E-state index contributed by atoms with van der Waals surface area (Å²) in [5.74, 6) is 0.204. The molecule has 2 N–H and O–H groups in total. The first kappa shape index (κ1) is 16.5. The number of likely N-dealkylation sites (tertiary alicyclic amines) is 1. The van der Waals surface area contributed by atoms with Crippen LogP contribution in [0.4, 0.5) is 10.5 Å². The molecule has 0 aromatic heterocycles. The van der Waals surface area contributed by atoms with E-state index >= 15 is 0 Å². The topological polar surface area (TPSA) is 52.6 Å². The summed E-state index contributed by atoms with van der Waals surface area (Å²) in [6.45, 7) is 3.37. The average Bonchev–Trinajstić information content (AvgIpc) is 2.64. The molecule has 0 aliphatic carbocycles. The van der Waals surface area contributed by atoms with Crippen molar-refractivity contribution in [3.05, 3.63) is 65.7 Å². The minimum atomic E-state index is -0.450. The first-order valence-corrected chi connectivity index (χ1v) is 8.49. The normalized spacial score (nSPS) is 16.7. The third-order valence-electron chi connectivity index (χ3n) is 4.72. The van der Waals surface area contributed by atoms with Crippen molar-refractivity contribution < 1.29 is 9.90 Å². The number of nitrogens with one attached hydrogen (secondary N) is 1. The van der Waals surface area contributed by atoms with E-state index in [4.69, 9.17) is 0 Å². The zero-order valence-corrected chi connectivity index (χ0v) is 14.0. The molecule has 1 heterocycles. The monoisotopic (exact) mass is 324 g/mol. The van der Waals surface area contributed by atoms with Crippen LogP contribution in [0.3, 0.4) is 0 Å². The smallest absolute Gasteiger partial charge is 0.321 e. The molecule has 1 fully saturated rings. The van der Waals surface area contributed by atoms with Crippen LogP contribution in [0.1, 0.15) is 30.1 Å². The average molecular weight is 324 g/mol. The summed E-state index contributed by atoms with van der Waals surface area (Å²) < 4.78 is 0. The Morgan fingerprint density at radius 3 is 2.33 bits per heavy atom. The van der Waals surface area contributed by atoms with Crippen molar-refractivity contribution in [3.8, 4) is 0 Å². The van der Waals surface area contributed by atoms with E-state index in [0.29, 0.717) is 13.1 Å². The van der Waals surface area contributed by atoms with Gasteiger partial charge in [-0.1, -0.05) is 48.0 Å². The third-order valence-corrected chi connectivity index (χ3v) is 4.72. The molecule has 3 rings (SSSR count). The highest BCUT2D eigenvalue weighted by molar-refractivity contribution is 5.89. The maximum atomic E-state index is 12.4. The van der Waals surface area contributed by atoms with Crippen LogP contribution in [-0.2, 0) is 0 Å². The van der Waals surface area contributed by atoms with E-state index in [0.717, 1.165) is 24.1 Å². The number of urea groups is 1. The van der Waals surface area contributed by atoms with Gasteiger partial charge in [-0.2, -0.15) is 0 Å². The van der Waals surface area contributed by atoms with Gasteiger partial charge in [0.25, 0.3) is 0 Å². The summed E-state index contributed by atoms with van der Waals surface area (Å²) in [7, 11) is 0. The zero-order chi connectivity index (χ0) is 16.9. The number of piperidine rings is 1. The molecule has 0 radical (unpaired) electrons. The van der Waals surface area contributed by atoms with Gasteiger partial charge in [-0.15, -0.1) is 0 Å². The summed E-state index contributed by atoms with van der Waals surface area (Å²) >= 11 is 0. The second-order valence-electron chi connectivity index (χ2n) is 6.48. The fraction of sp³-hybridized carbons (Fsp3) is 0.350. The van der Waals surface area contributed by atoms with E-state index in [2.05, 4.69) is 5.32 Å². The molecule has 0 spiro atoms. The lowest BCUT2D eigenvalue weighted by Crippen LogP contribution is -2.42. The first-order valence-electron chi connectivity index (χ1n) is 8.49. The van der Waals surface area contributed by atoms with Crippen LogP contribution in [0.2, 0.25) is 0 Å². The molecule has 1 saturated heterocycles. The van der Waals surface area contributed by atoms with Crippen molar-refractivity contribution in [3.63, 3.8) is 0 Å². The summed E-state index contributed by atoms with van der Waals surface area (Å²) in [6.07, 6.45) is 1.18. The lowest BCUT2D eigenvalue weighted by atomic mass is 9.87. The van der Waals surface area contributed by atoms with Gasteiger partial charge in [-0.25, -0.2) is 4.79 Å². The van der Waals surface area contributed by atoms with E-state index in [-0.39, 0.29) is 11.9 Å². The molecule has 1 aliphatic rings. The standard InChI is InChI=1S/C20H24N2O2/c1-15-7-9-18(10-8-15)21-20(24)22-13-11-17(12-14-22)19(23)16-5-3-2-4-6-16/h2-10,17,19,23H,11-14H2,1H3,(H,21,24). The van der Waals surface area contributed by atoms with Gasteiger partial charge in [0.15, 0.2) is 0 Å². The molecule has 2 aromatic rings. The molecule has 1 unspecified atom stereocenters. The quantitative estimate of drug-likeness (QED) is 0.897. The number of nitrogens with zero attached hydrogens (tertiary/aromatic N) is 1. The highest BCUT2D eigenvalue weighted by Crippen LogP contribution is 2.30. The van der Waals surface area contributed by atoms with E-state index in [1.54, 1.807) is 0 Å². The third kappa shape index (κ3) is 3.95. The van der Waals surface area contributed by atoms with Gasteiger partial charge >= 0.3 is 6.03 Å². The minimum Gasteiger partial charge on any atom is -0.388 e. The van der Waals surface area contributed by atoms with Gasteiger partial charge in [-0.05, 0) is 43.4 Å². The van der Waals surface area contributed by atoms with E-state index in [1.807, 2.05) is 66.4 Å². The molecule has 2 amide bonds. The van der Waals surface area contributed by atoms with Crippen molar-refractivity contribution in [1.29, 1.82) is 0 Å². The highest BCUT2D eigenvalue weighted by atomic mass is 16.3. The van der Waals surface area contributed by atoms with Crippen LogP contribution in [0.25, 0.3) is 0 Å². The molecule has 1 atom stereocenters. The summed E-state index contributed by atoms with van der Waals surface area (Å²) in [5, 5.41) is 13.5. The first-order chi connectivity index (χ1) is 11.6. The lowest BCUT2D eigenvalue weighted by Gasteiger charge is -2.34. The maximum Gasteiger partial charge on any atom is 0.321 e. The molecule has 0 saturated carbocycles. The Balaban J connectivity index is 1.53. The van der Waals surface area contributed by atoms with Crippen LogP contribution < -0.4 is 5.32 Å². The SMILES string of the molecule is Cc1ccc(NC(=O)N2CCC(C(O)c3ccccc3)CC2)cc1. The van der Waals surface area contributed by atoms with Crippen molar-refractivity contribution >= 4 is 11.7 Å². The Hall–Kier alpha value is -2.33. The predicted molar refractivity (Wildman–Crippen MR) is 95.9 cm³/mol. The Kier molecular flexibility index (Phi) is 5.16. The number of carbonyl (C=O) groups is 1. The van der Waals surface area contributed by atoms with Crippen LogP contribution in [0.15, 0.2) is 54.6 Å². The number of benzene rings is 2. The van der Waals surface area contributed by atoms with E-state index in [1.165, 1.54) is 5.56 Å². The van der Waals surface area contributed by atoms with Crippen molar-refractivity contribution in [1.82, 2.24) is 4.90 Å². The molecule has 2 aromatic carbocycles. The minimum absolute atomic E-state index is 0.0634. The van der Waals surface area contributed by atoms with Crippen molar-refractivity contribution in [2.45, 2.75) is 25.9 Å². The second-order valence-corrected chi connectivity index (χ2v) is 6.48. The largest absolute Gasteiger partial charge is 0.388 e. The zero-order valence-electron chi connectivity index (χ0n) is 14.0. The molecule has 4 nitrogen and oxygen atoms in total. The van der Waals surface area contributed by atoms with Gasteiger partial charge in [0.05, 0.1) is 6.10 Å². The molecule has 24 heavy (non-hydrogen) atoms. The maximum absolute atomic E-state index is 12.4. The number of hydrogen-bond donors (Lipinski definition) is 2. The van der Waals surface area contributed by atoms with Crippen LogP contribution in [0, 0.1) is 12.8 Å². The number of aryl methyl sites for hydroxylation is 1. The van der Waals surface area contributed by atoms with Gasteiger partial charge < -0.3 is 15.3 Å². The van der Waals surface area contributed by atoms with E-state index < -0.39 is 6.10 Å². The number of aliphatic hydroxyl groups excluding tert-OH is 1. The number of carbonyl (C=O) groups excluding carboxylic acids is 1. The van der Waals surface area contributed by atoms with E-state index in [9.17, 15) is 9.90 Å². The fourth-order valence-electron chi connectivity index (χ4n) is 3.18. The van der Waals surface area contributed by atoms with Gasteiger partial charge in [0.2, 0.25) is 0 Å². The van der Waals surface area contributed by atoms with Crippen LogP contribution in [-0.4, -0.2) is 29.1 Å². The molecule has 1 aliphatic heterocycles. The predicted octanol–water partition coefficient (Wildman–Crippen LogP) is 3.97. The van der Waals surface area contributed by atoms with Crippen LogP contribution in [0.5, 0.6) is 0 Å². The van der Waals surface area contributed by atoms with Crippen LogP contribution >= 0.6 is 0 Å². The molecular weight excluding hydrogens is 300 g/mol. The summed E-state index contributed by atoms with van der Waals surface area (Å²) in [4.78, 5) is 14.2. The number of amides is 2.